The van der Waals surface area contributed by atoms with Gasteiger partial charge in [0.05, 0.1) is 18.1 Å². The van der Waals surface area contributed by atoms with Gasteiger partial charge in [-0.05, 0) is 46.7 Å². The second-order valence-electron chi connectivity index (χ2n) is 7.62. The highest BCUT2D eigenvalue weighted by molar-refractivity contribution is 7.12. The van der Waals surface area contributed by atoms with E-state index in [0.29, 0.717) is 12.1 Å². The van der Waals surface area contributed by atoms with E-state index < -0.39 is 0 Å². The summed E-state index contributed by atoms with van der Waals surface area (Å²) < 4.78 is 5.35. The van der Waals surface area contributed by atoms with Crippen molar-refractivity contribution in [2.75, 3.05) is 39.4 Å². The number of carbonyl (C=O) groups is 2. The van der Waals surface area contributed by atoms with Gasteiger partial charge in [-0.25, -0.2) is 0 Å². The van der Waals surface area contributed by atoms with Gasteiger partial charge in [0.1, 0.15) is 0 Å². The Balaban J connectivity index is 1.37. The zero-order valence-electron chi connectivity index (χ0n) is 17.6. The Kier molecular flexibility index (Phi) is 6.92. The van der Waals surface area contributed by atoms with Crippen LogP contribution in [0.3, 0.4) is 0 Å². The highest BCUT2D eigenvalue weighted by Crippen LogP contribution is 2.28. The molecule has 0 radical (unpaired) electrons. The van der Waals surface area contributed by atoms with E-state index in [0.717, 1.165) is 60.0 Å². The third kappa shape index (κ3) is 5.47. The second-order valence-corrected chi connectivity index (χ2v) is 8.54. The first-order chi connectivity index (χ1) is 15.1. The molecule has 160 valence electrons. The van der Waals surface area contributed by atoms with Crippen LogP contribution in [0.5, 0.6) is 0 Å². The molecule has 1 saturated heterocycles. The molecule has 1 aliphatic rings. The Morgan fingerprint density at radius 3 is 2.39 bits per heavy atom. The van der Waals surface area contributed by atoms with Gasteiger partial charge in [-0.2, -0.15) is 0 Å². The molecule has 2 aromatic carbocycles. The molecule has 0 spiro atoms. The largest absolute Gasteiger partial charge is 0.379 e. The van der Waals surface area contributed by atoms with Crippen molar-refractivity contribution in [2.45, 2.75) is 6.92 Å². The fourth-order valence-corrected chi connectivity index (χ4v) is 4.45. The van der Waals surface area contributed by atoms with Gasteiger partial charge in [0.2, 0.25) is 0 Å². The van der Waals surface area contributed by atoms with Gasteiger partial charge >= 0.3 is 0 Å². The van der Waals surface area contributed by atoms with Crippen molar-refractivity contribution in [3.05, 3.63) is 70.4 Å². The zero-order valence-corrected chi connectivity index (χ0v) is 18.4. The summed E-state index contributed by atoms with van der Waals surface area (Å²) >= 11 is 1.46. The van der Waals surface area contributed by atoms with E-state index in [9.17, 15) is 9.59 Å². The minimum atomic E-state index is -0.0258. The number of nitrogens with zero attached hydrogens (tertiary/aromatic N) is 1. The highest BCUT2D eigenvalue weighted by Gasteiger charge is 2.13. The number of carbonyl (C=O) groups excluding carboxylic acids is 2. The number of morpholine rings is 1. The first kappa shape index (κ1) is 21.4. The van der Waals surface area contributed by atoms with Crippen molar-refractivity contribution in [1.29, 1.82) is 0 Å². The van der Waals surface area contributed by atoms with Crippen molar-refractivity contribution in [2.24, 2.45) is 0 Å². The summed E-state index contributed by atoms with van der Waals surface area (Å²) in [5.41, 5.74) is 4.89. The number of hydrogen-bond acceptors (Lipinski definition) is 5. The molecule has 2 heterocycles. The number of nitrogens with one attached hydrogen (secondary N) is 1. The average Bonchev–Trinajstić information content (AvgIpc) is 3.30. The van der Waals surface area contributed by atoms with Crippen molar-refractivity contribution in [3.63, 3.8) is 0 Å². The van der Waals surface area contributed by atoms with Crippen LogP contribution in [-0.4, -0.2) is 56.0 Å². The molecule has 1 aliphatic heterocycles. The van der Waals surface area contributed by atoms with Crippen LogP contribution in [0.15, 0.2) is 60.0 Å². The number of benzene rings is 2. The average molecular weight is 435 g/mol. The number of ketones is 1. The fraction of sp³-hybridized carbons (Fsp3) is 0.280. The first-order valence-corrected chi connectivity index (χ1v) is 11.4. The van der Waals surface area contributed by atoms with Crippen LogP contribution in [0, 0.1) is 0 Å². The lowest BCUT2D eigenvalue weighted by atomic mass is 9.99. The number of rotatable bonds is 7. The standard InChI is InChI=1S/C25H26N2O3S/c1-18(28)21-3-2-4-22(15-21)19-5-7-20(8-6-19)23-16-24(31-17-23)25(29)26-9-10-27-11-13-30-14-12-27/h2-8,15-17H,9-14H2,1H3,(H,26,29). The van der Waals surface area contributed by atoms with Crippen molar-refractivity contribution < 1.29 is 14.3 Å². The molecule has 1 N–H and O–H groups in total. The summed E-state index contributed by atoms with van der Waals surface area (Å²) in [5, 5.41) is 5.03. The Morgan fingerprint density at radius 2 is 1.68 bits per heavy atom. The molecule has 6 heteroatoms. The predicted molar refractivity (Wildman–Crippen MR) is 125 cm³/mol. The van der Waals surface area contributed by atoms with Crippen LogP contribution in [0.25, 0.3) is 22.3 Å². The molecular weight excluding hydrogens is 408 g/mol. The minimum absolute atomic E-state index is 0.0258. The summed E-state index contributed by atoms with van der Waals surface area (Å²) in [6.45, 7) is 6.45. The van der Waals surface area contributed by atoms with E-state index in [1.807, 2.05) is 47.8 Å². The summed E-state index contributed by atoms with van der Waals surface area (Å²) in [7, 11) is 0. The van der Waals surface area contributed by atoms with E-state index in [2.05, 4.69) is 22.3 Å². The maximum absolute atomic E-state index is 12.5. The number of amides is 1. The number of thiophene rings is 1. The van der Waals surface area contributed by atoms with Gasteiger partial charge < -0.3 is 10.1 Å². The quantitative estimate of drug-likeness (QED) is 0.562. The Bertz CT molecular complexity index is 1050. The number of ether oxygens (including phenoxy) is 1. The van der Waals surface area contributed by atoms with Crippen LogP contribution in [-0.2, 0) is 4.74 Å². The third-order valence-corrected chi connectivity index (χ3v) is 6.39. The SMILES string of the molecule is CC(=O)c1cccc(-c2ccc(-c3csc(C(=O)NCCN4CCOCC4)c3)cc2)c1. The number of Topliss-reactive ketones (excluding diaryl/α,β-unsaturated/α-hetero) is 1. The lowest BCUT2D eigenvalue weighted by Crippen LogP contribution is -2.41. The van der Waals surface area contributed by atoms with Crippen molar-refractivity contribution in [1.82, 2.24) is 10.2 Å². The fourth-order valence-electron chi connectivity index (χ4n) is 3.62. The molecule has 0 bridgehead atoms. The molecule has 0 atom stereocenters. The smallest absolute Gasteiger partial charge is 0.261 e. The topological polar surface area (TPSA) is 58.6 Å². The monoisotopic (exact) mass is 434 g/mol. The second kappa shape index (κ2) is 10.0. The van der Waals surface area contributed by atoms with Gasteiger partial charge in [-0.15, -0.1) is 11.3 Å². The van der Waals surface area contributed by atoms with E-state index in [4.69, 9.17) is 4.74 Å². The van der Waals surface area contributed by atoms with E-state index in [-0.39, 0.29) is 11.7 Å². The molecule has 0 aliphatic carbocycles. The summed E-state index contributed by atoms with van der Waals surface area (Å²) in [5.74, 6) is 0.0367. The van der Waals surface area contributed by atoms with Crippen LogP contribution < -0.4 is 5.32 Å². The zero-order chi connectivity index (χ0) is 21.6. The van der Waals surface area contributed by atoms with Crippen LogP contribution in [0.4, 0.5) is 0 Å². The van der Waals surface area contributed by atoms with E-state index >= 15 is 0 Å². The Labute approximate surface area is 186 Å². The van der Waals surface area contributed by atoms with E-state index in [1.54, 1.807) is 6.92 Å². The van der Waals surface area contributed by atoms with Gasteiger partial charge in [0, 0.05) is 31.7 Å². The lowest BCUT2D eigenvalue weighted by molar-refractivity contribution is 0.0383. The van der Waals surface area contributed by atoms with Gasteiger partial charge in [-0.3, -0.25) is 14.5 Å². The highest BCUT2D eigenvalue weighted by atomic mass is 32.1. The summed E-state index contributed by atoms with van der Waals surface area (Å²) in [4.78, 5) is 27.1. The predicted octanol–water partition coefficient (Wildman–Crippen LogP) is 4.35. The third-order valence-electron chi connectivity index (χ3n) is 5.46. The maximum atomic E-state index is 12.5. The molecule has 4 rings (SSSR count). The normalized spacial score (nSPS) is 14.4. The molecule has 5 nitrogen and oxygen atoms in total. The lowest BCUT2D eigenvalue weighted by Gasteiger charge is -2.26. The van der Waals surface area contributed by atoms with Crippen molar-refractivity contribution in [3.8, 4) is 22.3 Å². The van der Waals surface area contributed by atoms with Crippen LogP contribution in [0.1, 0.15) is 27.0 Å². The number of hydrogen-bond donors (Lipinski definition) is 1. The molecule has 1 fully saturated rings. The van der Waals surface area contributed by atoms with Gasteiger partial charge in [-0.1, -0.05) is 42.5 Å². The van der Waals surface area contributed by atoms with Crippen LogP contribution >= 0.6 is 11.3 Å². The van der Waals surface area contributed by atoms with Gasteiger partial charge in [0.15, 0.2) is 5.78 Å². The molecule has 3 aromatic rings. The molecule has 1 amide bonds. The van der Waals surface area contributed by atoms with Crippen LogP contribution in [0.2, 0.25) is 0 Å². The Morgan fingerprint density at radius 1 is 0.968 bits per heavy atom. The molecule has 31 heavy (non-hydrogen) atoms. The molecular formula is C25H26N2O3S. The summed E-state index contributed by atoms with van der Waals surface area (Å²) in [6.07, 6.45) is 0. The molecule has 0 unspecified atom stereocenters. The minimum Gasteiger partial charge on any atom is -0.379 e. The Hall–Kier alpha value is -2.80. The first-order valence-electron chi connectivity index (χ1n) is 10.5. The van der Waals surface area contributed by atoms with Gasteiger partial charge in [0.25, 0.3) is 5.91 Å². The van der Waals surface area contributed by atoms with E-state index in [1.165, 1.54) is 11.3 Å². The summed E-state index contributed by atoms with van der Waals surface area (Å²) in [6, 6.07) is 17.8. The maximum Gasteiger partial charge on any atom is 0.261 e. The molecule has 0 saturated carbocycles. The van der Waals surface area contributed by atoms with Crippen molar-refractivity contribution >= 4 is 23.0 Å². The molecule has 1 aromatic heterocycles.